The topological polar surface area (TPSA) is 15.3 Å². The molecule has 2 nitrogen and oxygen atoms in total. The monoisotopic (exact) mass is 266 g/mol. The minimum absolute atomic E-state index is 0.0827. The zero-order valence-corrected chi connectivity index (χ0v) is 12.6. The van der Waals surface area contributed by atoms with Gasteiger partial charge in [-0.3, -0.25) is 0 Å². The molecular weight excluding hydrogens is 239 g/mol. The van der Waals surface area contributed by atoms with Crippen LogP contribution in [0.2, 0.25) is 0 Å². The van der Waals surface area contributed by atoms with Crippen molar-refractivity contribution < 1.29 is 4.39 Å². The average molecular weight is 266 g/mol. The van der Waals surface area contributed by atoms with Gasteiger partial charge in [-0.2, -0.15) is 0 Å². The third-order valence-electron chi connectivity index (χ3n) is 3.58. The predicted octanol–water partition coefficient (Wildman–Crippen LogP) is 3.60. The van der Waals surface area contributed by atoms with Crippen LogP contribution in [0.5, 0.6) is 0 Å². The highest BCUT2D eigenvalue weighted by molar-refractivity contribution is 5.21. The van der Waals surface area contributed by atoms with E-state index in [1.54, 1.807) is 6.07 Å². The Balaban J connectivity index is 2.65. The summed E-state index contributed by atoms with van der Waals surface area (Å²) in [6.07, 6.45) is 2.08. The summed E-state index contributed by atoms with van der Waals surface area (Å²) in [5.41, 5.74) is 0.769. The maximum atomic E-state index is 13.8. The Morgan fingerprint density at radius 1 is 1.21 bits per heavy atom. The van der Waals surface area contributed by atoms with E-state index in [2.05, 4.69) is 31.0 Å². The highest BCUT2D eigenvalue weighted by Gasteiger charge is 2.16. The summed E-state index contributed by atoms with van der Waals surface area (Å²) in [5.74, 6) is -0.117. The Hall–Kier alpha value is -0.930. The van der Waals surface area contributed by atoms with Crippen molar-refractivity contribution in [3.63, 3.8) is 0 Å². The van der Waals surface area contributed by atoms with E-state index in [9.17, 15) is 4.39 Å². The van der Waals surface area contributed by atoms with Crippen LogP contribution in [0.1, 0.15) is 45.2 Å². The molecule has 1 unspecified atom stereocenters. The Morgan fingerprint density at radius 2 is 1.89 bits per heavy atom. The predicted molar refractivity (Wildman–Crippen MR) is 79.8 cm³/mol. The van der Waals surface area contributed by atoms with Crippen molar-refractivity contribution in [1.29, 1.82) is 0 Å². The van der Waals surface area contributed by atoms with Gasteiger partial charge in [0.15, 0.2) is 0 Å². The summed E-state index contributed by atoms with van der Waals surface area (Å²) in [4.78, 5) is 2.45. The summed E-state index contributed by atoms with van der Waals surface area (Å²) in [6.45, 7) is 8.72. The first-order valence-electron chi connectivity index (χ1n) is 7.25. The molecule has 1 aromatic carbocycles. The molecule has 0 fully saturated rings. The molecule has 0 saturated carbocycles. The van der Waals surface area contributed by atoms with Crippen molar-refractivity contribution in [1.82, 2.24) is 10.2 Å². The number of hydrogen-bond donors (Lipinski definition) is 1. The zero-order valence-electron chi connectivity index (χ0n) is 12.6. The third-order valence-corrected chi connectivity index (χ3v) is 3.58. The summed E-state index contributed by atoms with van der Waals surface area (Å²) < 4.78 is 13.8. The molecule has 0 saturated heterocycles. The van der Waals surface area contributed by atoms with Gasteiger partial charge in [-0.1, -0.05) is 25.1 Å². The molecular formula is C16H27FN2. The molecule has 1 aromatic rings. The molecule has 0 amide bonds. The minimum atomic E-state index is -0.117. The standard InChI is InChI=1S/C16H27FN2/c1-5-11-19(13(2)3)12-10-16(18-4)14-8-6-7-9-15(14)17/h6-9,13,16,18H,5,10-12H2,1-4H3. The molecule has 1 N–H and O–H groups in total. The van der Waals surface area contributed by atoms with Gasteiger partial charge in [0.2, 0.25) is 0 Å². The van der Waals surface area contributed by atoms with Gasteiger partial charge in [-0.25, -0.2) is 4.39 Å². The Labute approximate surface area is 117 Å². The Kier molecular flexibility index (Phi) is 7.03. The van der Waals surface area contributed by atoms with E-state index in [4.69, 9.17) is 0 Å². The second kappa shape index (κ2) is 8.28. The molecule has 19 heavy (non-hydrogen) atoms. The first-order chi connectivity index (χ1) is 9.10. The van der Waals surface area contributed by atoms with Gasteiger partial charge in [-0.05, 0) is 46.3 Å². The molecule has 108 valence electrons. The smallest absolute Gasteiger partial charge is 0.127 e. The van der Waals surface area contributed by atoms with Crippen LogP contribution < -0.4 is 5.32 Å². The second-order valence-corrected chi connectivity index (χ2v) is 5.28. The lowest BCUT2D eigenvalue weighted by Crippen LogP contribution is -2.34. The van der Waals surface area contributed by atoms with Crippen LogP contribution in [-0.4, -0.2) is 31.1 Å². The van der Waals surface area contributed by atoms with Crippen molar-refractivity contribution in [2.24, 2.45) is 0 Å². The maximum Gasteiger partial charge on any atom is 0.127 e. The number of rotatable bonds is 8. The van der Waals surface area contributed by atoms with Gasteiger partial charge < -0.3 is 10.2 Å². The van der Waals surface area contributed by atoms with E-state index in [1.807, 2.05) is 19.2 Å². The number of nitrogens with one attached hydrogen (secondary N) is 1. The molecule has 0 aliphatic heterocycles. The largest absolute Gasteiger partial charge is 0.313 e. The lowest BCUT2D eigenvalue weighted by Gasteiger charge is -2.28. The van der Waals surface area contributed by atoms with E-state index < -0.39 is 0 Å². The summed E-state index contributed by atoms with van der Waals surface area (Å²) in [5, 5.41) is 3.23. The van der Waals surface area contributed by atoms with E-state index in [0.29, 0.717) is 6.04 Å². The van der Waals surface area contributed by atoms with E-state index in [0.717, 1.165) is 31.5 Å². The lowest BCUT2D eigenvalue weighted by molar-refractivity contribution is 0.210. The SMILES string of the molecule is CCCN(CCC(NC)c1ccccc1F)C(C)C. The fourth-order valence-corrected chi connectivity index (χ4v) is 2.42. The number of hydrogen-bond acceptors (Lipinski definition) is 2. The zero-order chi connectivity index (χ0) is 14.3. The number of nitrogens with zero attached hydrogens (tertiary/aromatic N) is 1. The van der Waals surface area contributed by atoms with Gasteiger partial charge in [0.05, 0.1) is 0 Å². The van der Waals surface area contributed by atoms with Crippen LogP contribution >= 0.6 is 0 Å². The van der Waals surface area contributed by atoms with Gasteiger partial charge >= 0.3 is 0 Å². The van der Waals surface area contributed by atoms with Crippen molar-refractivity contribution in [2.75, 3.05) is 20.1 Å². The first-order valence-corrected chi connectivity index (χ1v) is 7.25. The average Bonchev–Trinajstić information content (AvgIpc) is 2.39. The van der Waals surface area contributed by atoms with E-state index in [1.165, 1.54) is 6.07 Å². The fourth-order valence-electron chi connectivity index (χ4n) is 2.42. The molecule has 0 radical (unpaired) electrons. The van der Waals surface area contributed by atoms with E-state index in [-0.39, 0.29) is 11.9 Å². The summed E-state index contributed by atoms with van der Waals surface area (Å²) >= 11 is 0. The van der Waals surface area contributed by atoms with Crippen molar-refractivity contribution >= 4 is 0 Å². The fraction of sp³-hybridized carbons (Fsp3) is 0.625. The molecule has 0 aliphatic rings. The highest BCUT2D eigenvalue weighted by atomic mass is 19.1. The van der Waals surface area contributed by atoms with Crippen molar-refractivity contribution in [3.8, 4) is 0 Å². The van der Waals surface area contributed by atoms with Crippen molar-refractivity contribution in [3.05, 3.63) is 35.6 Å². The van der Waals surface area contributed by atoms with Crippen LogP contribution in [0.15, 0.2) is 24.3 Å². The Bertz CT molecular complexity index is 366. The molecule has 1 atom stereocenters. The number of benzene rings is 1. The molecule has 0 spiro atoms. The lowest BCUT2D eigenvalue weighted by atomic mass is 10.0. The molecule has 0 heterocycles. The van der Waals surface area contributed by atoms with Gasteiger partial charge in [0, 0.05) is 24.2 Å². The quantitative estimate of drug-likeness (QED) is 0.773. The van der Waals surface area contributed by atoms with Gasteiger partial charge in [0.1, 0.15) is 5.82 Å². The van der Waals surface area contributed by atoms with Gasteiger partial charge in [-0.15, -0.1) is 0 Å². The van der Waals surface area contributed by atoms with Crippen molar-refractivity contribution in [2.45, 2.75) is 45.7 Å². The summed E-state index contributed by atoms with van der Waals surface area (Å²) in [7, 11) is 1.90. The minimum Gasteiger partial charge on any atom is -0.313 e. The normalized spacial score (nSPS) is 13.2. The van der Waals surface area contributed by atoms with Crippen LogP contribution in [0.3, 0.4) is 0 Å². The van der Waals surface area contributed by atoms with Gasteiger partial charge in [0.25, 0.3) is 0 Å². The van der Waals surface area contributed by atoms with Crippen LogP contribution in [0.25, 0.3) is 0 Å². The van der Waals surface area contributed by atoms with Crippen LogP contribution in [0, 0.1) is 5.82 Å². The van der Waals surface area contributed by atoms with Crippen LogP contribution in [-0.2, 0) is 0 Å². The molecule has 0 aliphatic carbocycles. The molecule has 0 aromatic heterocycles. The Morgan fingerprint density at radius 3 is 2.42 bits per heavy atom. The second-order valence-electron chi connectivity index (χ2n) is 5.28. The number of halogens is 1. The molecule has 0 bridgehead atoms. The third kappa shape index (κ3) is 4.92. The first kappa shape index (κ1) is 16.1. The molecule has 1 rings (SSSR count). The summed E-state index contributed by atoms with van der Waals surface area (Å²) in [6, 6.07) is 7.66. The highest BCUT2D eigenvalue weighted by Crippen LogP contribution is 2.20. The van der Waals surface area contributed by atoms with E-state index >= 15 is 0 Å². The molecule has 3 heteroatoms. The van der Waals surface area contributed by atoms with Crippen LogP contribution in [0.4, 0.5) is 4.39 Å². The maximum absolute atomic E-state index is 13.8.